The van der Waals surface area contributed by atoms with Gasteiger partial charge >= 0.3 is 5.97 Å². The molecule has 0 unspecified atom stereocenters. The highest BCUT2D eigenvalue weighted by Gasteiger charge is 2.28. The van der Waals surface area contributed by atoms with Gasteiger partial charge in [0.25, 0.3) is 0 Å². The van der Waals surface area contributed by atoms with Gasteiger partial charge in [0.05, 0.1) is 24.3 Å². The van der Waals surface area contributed by atoms with Crippen molar-refractivity contribution < 1.29 is 14.3 Å². The van der Waals surface area contributed by atoms with Crippen LogP contribution in [0.3, 0.4) is 0 Å². The fourth-order valence-corrected chi connectivity index (χ4v) is 2.47. The summed E-state index contributed by atoms with van der Waals surface area (Å²) in [7, 11) is 1.32. The fourth-order valence-electron chi connectivity index (χ4n) is 2.20. The number of rotatable bonds is 3. The van der Waals surface area contributed by atoms with E-state index in [0.29, 0.717) is 21.9 Å². The largest absolute Gasteiger partial charge is 0.465 e. The lowest BCUT2D eigenvalue weighted by atomic mass is 9.94. The molecule has 4 N–H and O–H groups in total. The lowest BCUT2D eigenvalue weighted by molar-refractivity contribution is -0.115. The Balaban J connectivity index is 2.39. The highest BCUT2D eigenvalue weighted by molar-refractivity contribution is 7.80. The van der Waals surface area contributed by atoms with E-state index in [1.165, 1.54) is 7.11 Å². The molecule has 0 saturated carbocycles. The van der Waals surface area contributed by atoms with Crippen LogP contribution in [0.25, 0.3) is 0 Å². The smallest absolute Gasteiger partial charge is 0.337 e. The van der Waals surface area contributed by atoms with Crippen molar-refractivity contribution in [2.24, 2.45) is 5.73 Å². The number of methoxy groups -OCH3 is 1. The van der Waals surface area contributed by atoms with Crippen molar-refractivity contribution in [3.8, 4) is 0 Å². The molecule has 0 radical (unpaired) electrons. The minimum absolute atomic E-state index is 0.411. The van der Waals surface area contributed by atoms with Gasteiger partial charge in [0.2, 0.25) is 5.91 Å². The van der Waals surface area contributed by atoms with E-state index in [9.17, 15) is 9.59 Å². The van der Waals surface area contributed by atoms with Gasteiger partial charge in [0.1, 0.15) is 0 Å². The second-order valence-electron chi connectivity index (χ2n) is 4.55. The average Bonchev–Trinajstić information content (AvgIpc) is 2.45. The molecule has 0 spiro atoms. The van der Waals surface area contributed by atoms with Crippen LogP contribution in [-0.4, -0.2) is 24.1 Å². The first kappa shape index (κ1) is 15.0. The summed E-state index contributed by atoms with van der Waals surface area (Å²) in [5, 5.41) is 6.29. The molecule has 1 aliphatic rings. The lowest BCUT2D eigenvalue weighted by Crippen LogP contribution is -2.46. The van der Waals surface area contributed by atoms with E-state index >= 15 is 0 Å². The van der Waals surface area contributed by atoms with Crippen LogP contribution in [0.1, 0.15) is 28.9 Å². The van der Waals surface area contributed by atoms with Gasteiger partial charge in [-0.1, -0.05) is 12.1 Å². The van der Waals surface area contributed by atoms with Crippen LogP contribution < -0.4 is 16.4 Å². The van der Waals surface area contributed by atoms with E-state index in [1.807, 2.05) is 0 Å². The molecule has 6 nitrogen and oxygen atoms in total. The quantitative estimate of drug-likeness (QED) is 0.564. The summed E-state index contributed by atoms with van der Waals surface area (Å²) in [5.41, 5.74) is 7.67. The lowest BCUT2D eigenvalue weighted by Gasteiger charge is -2.29. The molecule has 0 aromatic heterocycles. The molecule has 0 aliphatic carbocycles. The Morgan fingerprint density at radius 1 is 1.29 bits per heavy atom. The second-order valence-corrected chi connectivity index (χ2v) is 4.96. The third-order valence-corrected chi connectivity index (χ3v) is 3.42. The standard InChI is InChI=1S/C14H15N3O3S/c1-7-10(12(15)18)11(17-14(21)16-7)8-3-5-9(6-4-8)13(19)20-2/h3-6,11H,1-2H3,(H2,15,18)(H2,16,17,21)/t11-/m1/s1. The van der Waals surface area contributed by atoms with E-state index in [2.05, 4.69) is 15.4 Å². The van der Waals surface area contributed by atoms with Crippen LogP contribution in [-0.2, 0) is 9.53 Å². The molecule has 1 atom stereocenters. The number of primary amides is 1. The van der Waals surface area contributed by atoms with Crippen LogP contribution in [0.15, 0.2) is 35.5 Å². The number of allylic oxidation sites excluding steroid dienone is 1. The molecule has 2 rings (SSSR count). The molecule has 1 aliphatic heterocycles. The van der Waals surface area contributed by atoms with Crippen molar-refractivity contribution in [3.63, 3.8) is 0 Å². The maximum absolute atomic E-state index is 11.6. The summed E-state index contributed by atoms with van der Waals surface area (Å²) in [6.45, 7) is 1.74. The summed E-state index contributed by atoms with van der Waals surface area (Å²) in [4.78, 5) is 23.1. The molecule has 0 fully saturated rings. The minimum atomic E-state index is -0.531. The van der Waals surface area contributed by atoms with Crippen molar-refractivity contribution in [1.29, 1.82) is 0 Å². The molecular formula is C14H15N3O3S. The Labute approximate surface area is 127 Å². The Kier molecular flexibility index (Phi) is 4.23. The highest BCUT2D eigenvalue weighted by Crippen LogP contribution is 2.26. The van der Waals surface area contributed by atoms with E-state index in [-0.39, 0.29) is 0 Å². The Morgan fingerprint density at radius 3 is 2.43 bits per heavy atom. The number of thiocarbonyl (C=S) groups is 1. The van der Waals surface area contributed by atoms with Crippen molar-refractivity contribution in [2.45, 2.75) is 13.0 Å². The number of nitrogens with two attached hydrogens (primary N) is 1. The third-order valence-electron chi connectivity index (χ3n) is 3.20. The number of esters is 1. The number of hydrogen-bond acceptors (Lipinski definition) is 4. The first-order valence-corrected chi connectivity index (χ1v) is 6.61. The molecule has 7 heteroatoms. The molecule has 0 bridgehead atoms. The van der Waals surface area contributed by atoms with E-state index in [0.717, 1.165) is 5.56 Å². The van der Waals surface area contributed by atoms with Crippen LogP contribution >= 0.6 is 12.2 Å². The number of ether oxygens (including phenoxy) is 1. The molecule has 21 heavy (non-hydrogen) atoms. The number of hydrogen-bond donors (Lipinski definition) is 3. The van der Waals surface area contributed by atoms with Gasteiger partial charge in [0, 0.05) is 5.70 Å². The summed E-state index contributed by atoms with van der Waals surface area (Å²) in [6.07, 6.45) is 0. The first-order valence-electron chi connectivity index (χ1n) is 6.20. The third kappa shape index (κ3) is 3.03. The van der Waals surface area contributed by atoms with Gasteiger partial charge in [-0.25, -0.2) is 4.79 Å². The van der Waals surface area contributed by atoms with Gasteiger partial charge < -0.3 is 21.1 Å². The Morgan fingerprint density at radius 2 is 1.90 bits per heavy atom. The van der Waals surface area contributed by atoms with Crippen LogP contribution in [0.5, 0.6) is 0 Å². The van der Waals surface area contributed by atoms with E-state index < -0.39 is 17.9 Å². The second kappa shape index (κ2) is 5.92. The number of amides is 1. The van der Waals surface area contributed by atoms with Crippen molar-refractivity contribution >= 4 is 29.2 Å². The van der Waals surface area contributed by atoms with Gasteiger partial charge in [0.15, 0.2) is 5.11 Å². The minimum Gasteiger partial charge on any atom is -0.465 e. The molecular weight excluding hydrogens is 290 g/mol. The zero-order chi connectivity index (χ0) is 15.6. The van der Waals surface area contributed by atoms with Gasteiger partial charge in [-0.3, -0.25) is 4.79 Å². The molecule has 1 amide bonds. The van der Waals surface area contributed by atoms with Crippen molar-refractivity contribution in [1.82, 2.24) is 10.6 Å². The summed E-state index contributed by atoms with van der Waals surface area (Å²) in [5.74, 6) is -0.950. The highest BCUT2D eigenvalue weighted by atomic mass is 32.1. The molecule has 0 saturated heterocycles. The average molecular weight is 305 g/mol. The number of nitrogens with one attached hydrogen (secondary N) is 2. The zero-order valence-corrected chi connectivity index (χ0v) is 12.4. The van der Waals surface area contributed by atoms with Crippen LogP contribution in [0.2, 0.25) is 0 Å². The monoisotopic (exact) mass is 305 g/mol. The van der Waals surface area contributed by atoms with E-state index in [4.69, 9.17) is 18.0 Å². The summed E-state index contributed by atoms with van der Waals surface area (Å²) >= 11 is 5.10. The predicted octanol–water partition coefficient (Wildman–Crippen LogP) is 0.751. The summed E-state index contributed by atoms with van der Waals surface area (Å²) in [6, 6.07) is 6.27. The van der Waals surface area contributed by atoms with Crippen LogP contribution in [0, 0.1) is 0 Å². The molecule has 1 heterocycles. The molecule has 1 aromatic carbocycles. The van der Waals surface area contributed by atoms with Crippen molar-refractivity contribution in [2.75, 3.05) is 7.11 Å². The Hall–Kier alpha value is -2.41. The number of carbonyl (C=O) groups is 2. The van der Waals surface area contributed by atoms with Crippen molar-refractivity contribution in [3.05, 3.63) is 46.7 Å². The molecule has 110 valence electrons. The van der Waals surface area contributed by atoms with Gasteiger partial charge in [-0.2, -0.15) is 0 Å². The maximum atomic E-state index is 11.6. The maximum Gasteiger partial charge on any atom is 0.337 e. The van der Waals surface area contributed by atoms with E-state index in [1.54, 1.807) is 31.2 Å². The normalized spacial score (nSPS) is 17.8. The van der Waals surface area contributed by atoms with Crippen LogP contribution in [0.4, 0.5) is 0 Å². The van der Waals surface area contributed by atoms with Gasteiger partial charge in [-0.15, -0.1) is 0 Å². The Bertz CT molecular complexity index is 637. The topological polar surface area (TPSA) is 93.4 Å². The van der Waals surface area contributed by atoms with Gasteiger partial charge in [-0.05, 0) is 36.8 Å². The number of carbonyl (C=O) groups excluding carboxylic acids is 2. The fraction of sp³-hybridized carbons (Fsp3) is 0.214. The predicted molar refractivity (Wildman–Crippen MR) is 81.3 cm³/mol. The number of benzene rings is 1. The summed E-state index contributed by atoms with van der Waals surface area (Å²) < 4.78 is 4.65. The first-order chi connectivity index (χ1) is 9.93. The SMILES string of the molecule is COC(=O)c1ccc([C@H]2NC(=S)NC(C)=C2C(N)=O)cc1. The zero-order valence-electron chi connectivity index (χ0n) is 11.6. The molecule has 1 aromatic rings.